The molecule has 0 spiro atoms. The van der Waals surface area contributed by atoms with Crippen LogP contribution in [0, 0.1) is 0 Å². The van der Waals surface area contributed by atoms with Gasteiger partial charge in [0.25, 0.3) is 0 Å². The van der Waals surface area contributed by atoms with Gasteiger partial charge in [0.2, 0.25) is 0 Å². The van der Waals surface area contributed by atoms with Crippen LogP contribution in [0.4, 0.5) is 0 Å². The van der Waals surface area contributed by atoms with Crippen molar-refractivity contribution < 1.29 is 9.53 Å². The molecule has 0 aromatic carbocycles. The molecule has 1 heterocycles. The number of aryl methyl sites for hydroxylation is 1. The van der Waals surface area contributed by atoms with Crippen LogP contribution in [0.1, 0.15) is 31.4 Å². The third-order valence-corrected chi connectivity index (χ3v) is 2.73. The Hall–Kier alpha value is -1.29. The maximum Gasteiger partial charge on any atom is 0.307 e. The fraction of sp³-hybridized carbons (Fsp3) is 0.583. The molecule has 0 amide bonds. The lowest BCUT2D eigenvalue weighted by atomic mass is 10.1. The number of nitrogens with zero attached hydrogens (tertiary/aromatic N) is 1. The van der Waals surface area contributed by atoms with E-state index < -0.39 is 0 Å². The van der Waals surface area contributed by atoms with Crippen LogP contribution in [-0.4, -0.2) is 24.7 Å². The molecular weight excluding hydrogens is 204 g/mol. The van der Waals surface area contributed by atoms with Gasteiger partial charge in [-0.15, -0.1) is 0 Å². The monoisotopic (exact) mass is 224 g/mol. The summed E-state index contributed by atoms with van der Waals surface area (Å²) in [5.41, 5.74) is 1.26. The summed E-state index contributed by atoms with van der Waals surface area (Å²) in [6.45, 7) is 2.82. The summed E-state index contributed by atoms with van der Waals surface area (Å²) < 4.78 is 6.62. The Morgan fingerprint density at radius 3 is 2.94 bits per heavy atom. The molecular formula is C12H20N2O2. The number of esters is 1. The second kappa shape index (κ2) is 6.33. The van der Waals surface area contributed by atoms with E-state index in [1.165, 1.54) is 12.7 Å². The van der Waals surface area contributed by atoms with Gasteiger partial charge >= 0.3 is 5.97 Å². The van der Waals surface area contributed by atoms with Crippen LogP contribution >= 0.6 is 0 Å². The molecule has 1 atom stereocenters. The summed E-state index contributed by atoms with van der Waals surface area (Å²) in [7, 11) is 3.37. The first-order chi connectivity index (χ1) is 7.71. The molecule has 0 saturated carbocycles. The van der Waals surface area contributed by atoms with E-state index in [-0.39, 0.29) is 5.97 Å². The Morgan fingerprint density at radius 1 is 1.62 bits per heavy atom. The van der Waals surface area contributed by atoms with Crippen molar-refractivity contribution in [1.82, 2.24) is 9.88 Å². The largest absolute Gasteiger partial charge is 0.469 e. The topological polar surface area (TPSA) is 43.3 Å². The van der Waals surface area contributed by atoms with E-state index in [2.05, 4.69) is 29.2 Å². The summed E-state index contributed by atoms with van der Waals surface area (Å²) in [5, 5.41) is 3.25. The van der Waals surface area contributed by atoms with E-state index >= 15 is 0 Å². The number of rotatable bonds is 6. The van der Waals surface area contributed by atoms with Crippen molar-refractivity contribution in [2.45, 2.75) is 32.4 Å². The van der Waals surface area contributed by atoms with Crippen molar-refractivity contribution in [2.24, 2.45) is 0 Å². The average molecular weight is 224 g/mol. The molecule has 0 fully saturated rings. The Balaban J connectivity index is 2.54. The maximum absolute atomic E-state index is 11.0. The molecule has 4 heteroatoms. The van der Waals surface area contributed by atoms with Gasteiger partial charge in [-0.25, -0.2) is 0 Å². The van der Waals surface area contributed by atoms with Crippen LogP contribution in [0.5, 0.6) is 0 Å². The van der Waals surface area contributed by atoms with Crippen LogP contribution in [0.15, 0.2) is 18.5 Å². The summed E-state index contributed by atoms with van der Waals surface area (Å²) >= 11 is 0. The molecule has 1 aromatic rings. The fourth-order valence-electron chi connectivity index (χ4n) is 1.73. The van der Waals surface area contributed by atoms with Crippen molar-refractivity contribution in [3.8, 4) is 0 Å². The standard InChI is InChI=1S/C12H20N2O2/c1-4-11(13-2)10-5-7-14(9-10)8-6-12(15)16-3/h5,7,9,11,13H,4,6,8H2,1-3H3. The first-order valence-corrected chi connectivity index (χ1v) is 5.61. The molecule has 0 radical (unpaired) electrons. The molecule has 4 nitrogen and oxygen atoms in total. The van der Waals surface area contributed by atoms with Crippen molar-refractivity contribution >= 4 is 5.97 Å². The minimum atomic E-state index is -0.170. The zero-order valence-corrected chi connectivity index (χ0v) is 10.2. The van der Waals surface area contributed by atoms with Crippen LogP contribution in [0.25, 0.3) is 0 Å². The number of hydrogen-bond acceptors (Lipinski definition) is 3. The Bertz CT molecular complexity index is 330. The molecule has 0 aliphatic carbocycles. The fourth-order valence-corrected chi connectivity index (χ4v) is 1.73. The molecule has 90 valence electrons. The normalized spacial score (nSPS) is 12.4. The van der Waals surface area contributed by atoms with Gasteiger partial charge in [0.15, 0.2) is 0 Å². The number of aromatic nitrogens is 1. The molecule has 0 aliphatic rings. The zero-order chi connectivity index (χ0) is 12.0. The second-order valence-corrected chi connectivity index (χ2v) is 3.76. The second-order valence-electron chi connectivity index (χ2n) is 3.76. The van der Waals surface area contributed by atoms with Crippen molar-refractivity contribution in [3.05, 3.63) is 24.0 Å². The Labute approximate surface area is 96.6 Å². The van der Waals surface area contributed by atoms with E-state index in [0.717, 1.165) is 6.42 Å². The minimum Gasteiger partial charge on any atom is -0.469 e. The van der Waals surface area contributed by atoms with Gasteiger partial charge in [0.05, 0.1) is 13.5 Å². The van der Waals surface area contributed by atoms with Crippen molar-refractivity contribution in [3.63, 3.8) is 0 Å². The number of carbonyl (C=O) groups excluding carboxylic acids is 1. The van der Waals surface area contributed by atoms with Gasteiger partial charge in [-0.05, 0) is 25.1 Å². The minimum absolute atomic E-state index is 0.170. The van der Waals surface area contributed by atoms with Gasteiger partial charge in [-0.1, -0.05) is 6.92 Å². The predicted molar refractivity (Wildman–Crippen MR) is 63.2 cm³/mol. The number of methoxy groups -OCH3 is 1. The van der Waals surface area contributed by atoms with Gasteiger partial charge in [-0.3, -0.25) is 4.79 Å². The zero-order valence-electron chi connectivity index (χ0n) is 10.2. The average Bonchev–Trinajstić information content (AvgIpc) is 2.76. The first-order valence-electron chi connectivity index (χ1n) is 5.61. The highest BCUT2D eigenvalue weighted by Crippen LogP contribution is 2.16. The third kappa shape index (κ3) is 3.38. The lowest BCUT2D eigenvalue weighted by molar-refractivity contribution is -0.140. The summed E-state index contributed by atoms with van der Waals surface area (Å²) in [5.74, 6) is -0.170. The van der Waals surface area contributed by atoms with Crippen LogP contribution in [0.2, 0.25) is 0 Å². The van der Waals surface area contributed by atoms with E-state index in [1.54, 1.807) is 0 Å². The smallest absolute Gasteiger partial charge is 0.307 e. The van der Waals surface area contributed by atoms with E-state index in [1.807, 2.05) is 17.8 Å². The summed E-state index contributed by atoms with van der Waals surface area (Å²) in [6.07, 6.45) is 5.55. The molecule has 1 N–H and O–H groups in total. The van der Waals surface area contributed by atoms with Gasteiger partial charge in [-0.2, -0.15) is 0 Å². The van der Waals surface area contributed by atoms with Crippen molar-refractivity contribution in [2.75, 3.05) is 14.2 Å². The molecule has 0 saturated heterocycles. The summed E-state index contributed by atoms with van der Waals surface area (Å²) in [4.78, 5) is 11.0. The van der Waals surface area contributed by atoms with Crippen molar-refractivity contribution in [1.29, 1.82) is 0 Å². The molecule has 1 unspecified atom stereocenters. The number of nitrogens with one attached hydrogen (secondary N) is 1. The molecule has 16 heavy (non-hydrogen) atoms. The van der Waals surface area contributed by atoms with E-state index in [9.17, 15) is 4.79 Å². The lowest BCUT2D eigenvalue weighted by Crippen LogP contribution is -2.14. The van der Waals surface area contributed by atoms with Gasteiger partial charge in [0.1, 0.15) is 0 Å². The lowest BCUT2D eigenvalue weighted by Gasteiger charge is -2.11. The first kappa shape index (κ1) is 12.8. The van der Waals surface area contributed by atoms with Gasteiger partial charge in [0, 0.05) is 25.0 Å². The highest BCUT2D eigenvalue weighted by Gasteiger charge is 2.08. The highest BCUT2D eigenvalue weighted by atomic mass is 16.5. The number of carbonyl (C=O) groups is 1. The molecule has 1 rings (SSSR count). The number of hydrogen-bond donors (Lipinski definition) is 1. The van der Waals surface area contributed by atoms with Gasteiger partial charge < -0.3 is 14.6 Å². The molecule has 0 aliphatic heterocycles. The molecule has 1 aromatic heterocycles. The quantitative estimate of drug-likeness (QED) is 0.748. The summed E-state index contributed by atoms with van der Waals surface area (Å²) in [6, 6.07) is 2.47. The number of ether oxygens (including phenoxy) is 1. The van der Waals surface area contributed by atoms with E-state index in [0.29, 0.717) is 19.0 Å². The van der Waals surface area contributed by atoms with Crippen LogP contribution in [0.3, 0.4) is 0 Å². The SMILES string of the molecule is CCC(NC)c1ccn(CCC(=O)OC)c1. The van der Waals surface area contributed by atoms with E-state index in [4.69, 9.17) is 0 Å². The maximum atomic E-state index is 11.0. The highest BCUT2D eigenvalue weighted by molar-refractivity contribution is 5.68. The molecule has 0 bridgehead atoms. The predicted octanol–water partition coefficient (Wildman–Crippen LogP) is 1.72. The Morgan fingerprint density at radius 2 is 2.38 bits per heavy atom. The third-order valence-electron chi connectivity index (χ3n) is 2.73. The van der Waals surface area contributed by atoms with Crippen LogP contribution in [-0.2, 0) is 16.1 Å². The van der Waals surface area contributed by atoms with Crippen LogP contribution < -0.4 is 5.32 Å². The Kier molecular flexibility index (Phi) is 5.05.